The predicted molar refractivity (Wildman–Crippen MR) is 110 cm³/mol. The lowest BCUT2D eigenvalue weighted by Crippen LogP contribution is -2.18. The van der Waals surface area contributed by atoms with Gasteiger partial charge in [-0.1, -0.05) is 54.1 Å². The fourth-order valence-electron chi connectivity index (χ4n) is 2.89. The standard InChI is InChI=1S/C23H23ClFNO2/c1-16(18-7-4-3-5-8-18)26-14-17-11-12-22(23(13-17)27-2)28-15-19-20(24)9-6-10-21(19)25/h3-13,16,26H,14-15H2,1-2H3/t16-/m1/s1. The Morgan fingerprint density at radius 2 is 1.79 bits per heavy atom. The zero-order valence-electron chi connectivity index (χ0n) is 15.9. The van der Waals surface area contributed by atoms with Crippen molar-refractivity contribution in [2.24, 2.45) is 0 Å². The molecule has 0 aliphatic rings. The van der Waals surface area contributed by atoms with Gasteiger partial charge in [0, 0.05) is 18.2 Å². The van der Waals surface area contributed by atoms with Gasteiger partial charge in [-0.05, 0) is 42.3 Å². The predicted octanol–water partition coefficient (Wildman–Crippen LogP) is 5.92. The third-order valence-electron chi connectivity index (χ3n) is 4.57. The number of nitrogens with one attached hydrogen (secondary N) is 1. The maximum absolute atomic E-state index is 13.9. The second kappa shape index (κ2) is 9.58. The number of benzene rings is 3. The quantitative estimate of drug-likeness (QED) is 0.510. The monoisotopic (exact) mass is 399 g/mol. The van der Waals surface area contributed by atoms with Gasteiger partial charge in [0.2, 0.25) is 0 Å². The van der Waals surface area contributed by atoms with Gasteiger partial charge in [-0.2, -0.15) is 0 Å². The minimum Gasteiger partial charge on any atom is -0.493 e. The molecule has 0 saturated heterocycles. The first-order valence-electron chi connectivity index (χ1n) is 9.09. The number of halogens is 2. The van der Waals surface area contributed by atoms with E-state index < -0.39 is 0 Å². The fourth-order valence-corrected chi connectivity index (χ4v) is 3.11. The minimum atomic E-state index is -0.387. The van der Waals surface area contributed by atoms with Gasteiger partial charge in [-0.15, -0.1) is 0 Å². The van der Waals surface area contributed by atoms with Crippen LogP contribution in [0.15, 0.2) is 66.7 Å². The van der Waals surface area contributed by atoms with Crippen LogP contribution in [0.1, 0.15) is 29.7 Å². The summed E-state index contributed by atoms with van der Waals surface area (Å²) in [5.41, 5.74) is 2.63. The fraction of sp³-hybridized carbons (Fsp3) is 0.217. The van der Waals surface area contributed by atoms with Crippen LogP contribution >= 0.6 is 11.6 Å². The molecule has 146 valence electrons. The molecule has 0 bridgehead atoms. The van der Waals surface area contributed by atoms with E-state index in [0.717, 1.165) is 5.56 Å². The molecule has 0 spiro atoms. The van der Waals surface area contributed by atoms with E-state index in [1.54, 1.807) is 19.2 Å². The molecule has 0 fully saturated rings. The molecular formula is C23H23ClFNO2. The number of rotatable bonds is 8. The van der Waals surface area contributed by atoms with Gasteiger partial charge >= 0.3 is 0 Å². The maximum atomic E-state index is 13.9. The lowest BCUT2D eigenvalue weighted by atomic mass is 10.1. The Hall–Kier alpha value is -2.56. The lowest BCUT2D eigenvalue weighted by Gasteiger charge is -2.16. The van der Waals surface area contributed by atoms with E-state index in [1.807, 2.05) is 36.4 Å². The van der Waals surface area contributed by atoms with Crippen LogP contribution in [-0.2, 0) is 13.2 Å². The molecule has 0 aromatic heterocycles. The highest BCUT2D eigenvalue weighted by Gasteiger charge is 2.11. The average molecular weight is 400 g/mol. The summed E-state index contributed by atoms with van der Waals surface area (Å²) in [5.74, 6) is 0.753. The van der Waals surface area contributed by atoms with Crippen molar-refractivity contribution in [2.75, 3.05) is 7.11 Å². The number of hydrogen-bond donors (Lipinski definition) is 1. The van der Waals surface area contributed by atoms with Crippen LogP contribution in [0.5, 0.6) is 11.5 Å². The highest BCUT2D eigenvalue weighted by Crippen LogP contribution is 2.30. The molecule has 0 aliphatic carbocycles. The molecule has 0 aliphatic heterocycles. The molecule has 28 heavy (non-hydrogen) atoms. The van der Waals surface area contributed by atoms with Gasteiger partial charge in [0.05, 0.1) is 12.1 Å². The van der Waals surface area contributed by atoms with Crippen molar-refractivity contribution in [2.45, 2.75) is 26.1 Å². The second-order valence-electron chi connectivity index (χ2n) is 6.49. The molecular weight excluding hydrogens is 377 g/mol. The van der Waals surface area contributed by atoms with Crippen molar-refractivity contribution in [1.82, 2.24) is 5.32 Å². The van der Waals surface area contributed by atoms with E-state index in [0.29, 0.717) is 28.6 Å². The first-order chi connectivity index (χ1) is 13.6. The molecule has 3 aromatic carbocycles. The Morgan fingerprint density at radius 1 is 1.00 bits per heavy atom. The van der Waals surface area contributed by atoms with Gasteiger partial charge in [0.25, 0.3) is 0 Å². The van der Waals surface area contributed by atoms with E-state index in [2.05, 4.69) is 24.4 Å². The second-order valence-corrected chi connectivity index (χ2v) is 6.89. The van der Waals surface area contributed by atoms with Gasteiger partial charge in [0.15, 0.2) is 11.5 Å². The molecule has 0 heterocycles. The summed E-state index contributed by atoms with van der Waals surface area (Å²) in [6, 6.07) is 20.8. The zero-order valence-corrected chi connectivity index (χ0v) is 16.7. The van der Waals surface area contributed by atoms with E-state index >= 15 is 0 Å². The SMILES string of the molecule is COc1cc(CN[C@H](C)c2ccccc2)ccc1OCc1c(F)cccc1Cl. The van der Waals surface area contributed by atoms with Crippen molar-refractivity contribution < 1.29 is 13.9 Å². The first-order valence-corrected chi connectivity index (χ1v) is 9.47. The third-order valence-corrected chi connectivity index (χ3v) is 4.93. The van der Waals surface area contributed by atoms with Crippen molar-refractivity contribution in [3.8, 4) is 11.5 Å². The molecule has 1 N–H and O–H groups in total. The molecule has 0 saturated carbocycles. The van der Waals surface area contributed by atoms with E-state index in [-0.39, 0.29) is 18.5 Å². The molecule has 5 heteroatoms. The zero-order chi connectivity index (χ0) is 19.9. The topological polar surface area (TPSA) is 30.5 Å². The van der Waals surface area contributed by atoms with E-state index in [1.165, 1.54) is 11.6 Å². The van der Waals surface area contributed by atoms with Crippen molar-refractivity contribution in [3.63, 3.8) is 0 Å². The first kappa shape index (κ1) is 20.2. The van der Waals surface area contributed by atoms with E-state index in [4.69, 9.17) is 21.1 Å². The molecule has 1 atom stereocenters. The highest BCUT2D eigenvalue weighted by molar-refractivity contribution is 6.31. The molecule has 0 unspecified atom stereocenters. The number of ether oxygens (including phenoxy) is 2. The summed E-state index contributed by atoms with van der Waals surface area (Å²) in [7, 11) is 1.59. The average Bonchev–Trinajstić information content (AvgIpc) is 2.72. The summed E-state index contributed by atoms with van der Waals surface area (Å²) in [6.45, 7) is 2.85. The Balaban J connectivity index is 1.65. The largest absolute Gasteiger partial charge is 0.493 e. The Morgan fingerprint density at radius 3 is 2.50 bits per heavy atom. The van der Waals surface area contributed by atoms with Crippen LogP contribution in [0.2, 0.25) is 5.02 Å². The summed E-state index contributed by atoms with van der Waals surface area (Å²) in [4.78, 5) is 0. The molecule has 3 nitrogen and oxygen atoms in total. The summed E-state index contributed by atoms with van der Waals surface area (Å²) in [6.07, 6.45) is 0. The highest BCUT2D eigenvalue weighted by atomic mass is 35.5. The van der Waals surface area contributed by atoms with Crippen LogP contribution in [-0.4, -0.2) is 7.11 Å². The van der Waals surface area contributed by atoms with Gasteiger partial charge in [0.1, 0.15) is 12.4 Å². The maximum Gasteiger partial charge on any atom is 0.161 e. The van der Waals surface area contributed by atoms with E-state index in [9.17, 15) is 4.39 Å². The Labute approximate surface area is 170 Å². The van der Waals surface area contributed by atoms with Crippen LogP contribution in [0, 0.1) is 5.82 Å². The molecule has 0 radical (unpaired) electrons. The smallest absolute Gasteiger partial charge is 0.161 e. The molecule has 0 amide bonds. The minimum absolute atomic E-state index is 0.0322. The molecule has 3 rings (SSSR count). The van der Waals surface area contributed by atoms with Crippen LogP contribution in [0.3, 0.4) is 0 Å². The van der Waals surface area contributed by atoms with Crippen molar-refractivity contribution in [1.29, 1.82) is 0 Å². The number of hydrogen-bond acceptors (Lipinski definition) is 3. The van der Waals surface area contributed by atoms with Crippen molar-refractivity contribution >= 4 is 11.6 Å². The summed E-state index contributed by atoms with van der Waals surface area (Å²) in [5, 5.41) is 3.84. The normalized spacial score (nSPS) is 11.9. The van der Waals surface area contributed by atoms with Gasteiger partial charge < -0.3 is 14.8 Å². The van der Waals surface area contributed by atoms with Crippen LogP contribution in [0.25, 0.3) is 0 Å². The summed E-state index contributed by atoms with van der Waals surface area (Å²) >= 11 is 6.06. The van der Waals surface area contributed by atoms with Gasteiger partial charge in [-0.25, -0.2) is 4.39 Å². The Bertz CT molecular complexity index is 897. The lowest BCUT2D eigenvalue weighted by molar-refractivity contribution is 0.279. The third kappa shape index (κ3) is 5.03. The summed E-state index contributed by atoms with van der Waals surface area (Å²) < 4.78 is 25.1. The number of methoxy groups -OCH3 is 1. The van der Waals surface area contributed by atoms with Crippen molar-refractivity contribution in [3.05, 3.63) is 94.3 Å². The Kier molecular flexibility index (Phi) is 6.90. The molecule has 3 aromatic rings. The van der Waals surface area contributed by atoms with Crippen LogP contribution < -0.4 is 14.8 Å². The van der Waals surface area contributed by atoms with Crippen LogP contribution in [0.4, 0.5) is 4.39 Å². The van der Waals surface area contributed by atoms with Gasteiger partial charge in [-0.3, -0.25) is 0 Å².